The summed E-state index contributed by atoms with van der Waals surface area (Å²) in [6.07, 6.45) is 21.3. The summed E-state index contributed by atoms with van der Waals surface area (Å²) in [5.41, 5.74) is 4.10. The monoisotopic (exact) mass is 481 g/mol. The van der Waals surface area contributed by atoms with Crippen LogP contribution in [-0.2, 0) is 6.42 Å². The van der Waals surface area contributed by atoms with Gasteiger partial charge in [-0.2, -0.15) is 0 Å². The molecule has 1 aromatic heterocycles. The third-order valence-corrected chi connectivity index (χ3v) is 7.46. The normalized spacial score (nSPS) is 11.7. The first kappa shape index (κ1) is 25.8. The van der Waals surface area contributed by atoms with E-state index in [-0.39, 0.29) is 0 Å². The molecule has 3 rings (SSSR count). The van der Waals surface area contributed by atoms with Crippen molar-refractivity contribution < 1.29 is 5.11 Å². The number of thiazole rings is 1. The number of phenols is 1. The van der Waals surface area contributed by atoms with E-state index in [4.69, 9.17) is 0 Å². The lowest BCUT2D eigenvalue weighted by atomic mass is 10.0. The summed E-state index contributed by atoms with van der Waals surface area (Å²) in [7, 11) is 0. The topological polar surface area (TPSA) is 33.1 Å². The zero-order valence-corrected chi connectivity index (χ0v) is 21.8. The minimum atomic E-state index is 0.352. The molecule has 0 aliphatic heterocycles. The molecule has 0 amide bonds. The highest BCUT2D eigenvalue weighted by molar-refractivity contribution is 7.82. The fourth-order valence-electron chi connectivity index (χ4n) is 4.32. The van der Waals surface area contributed by atoms with Crippen LogP contribution >= 0.6 is 24.0 Å². The number of nitrogens with zero attached hydrogens (tertiary/aromatic N) is 1. The van der Waals surface area contributed by atoms with Crippen molar-refractivity contribution in [3.63, 3.8) is 0 Å². The molecule has 0 bridgehead atoms. The van der Waals surface area contributed by atoms with Crippen LogP contribution in [0, 0.1) is 0 Å². The molecule has 2 aromatic carbocycles. The molecule has 0 aliphatic rings. The number of aromatic nitrogens is 1. The van der Waals surface area contributed by atoms with Gasteiger partial charge in [-0.3, -0.25) is 0 Å². The Hall–Kier alpha value is -1.78. The van der Waals surface area contributed by atoms with E-state index in [1.807, 2.05) is 18.2 Å². The van der Waals surface area contributed by atoms with Crippen LogP contribution in [0.4, 0.5) is 0 Å². The number of para-hydroxylation sites is 1. The Morgan fingerprint density at radius 1 is 0.879 bits per heavy atom. The van der Waals surface area contributed by atoms with Crippen molar-refractivity contribution in [2.24, 2.45) is 0 Å². The molecule has 4 heteroatoms. The highest BCUT2D eigenvalue weighted by Gasteiger charge is 2.09. The number of hydrogen-bond donors (Lipinski definition) is 2. The van der Waals surface area contributed by atoms with Crippen LogP contribution in [0.3, 0.4) is 0 Å². The quantitative estimate of drug-likeness (QED) is 0.167. The first-order valence-corrected chi connectivity index (χ1v) is 14.0. The van der Waals surface area contributed by atoms with E-state index in [1.54, 1.807) is 11.3 Å². The van der Waals surface area contributed by atoms with Gasteiger partial charge in [-0.15, -0.1) is 24.0 Å². The summed E-state index contributed by atoms with van der Waals surface area (Å²) in [6, 6.07) is 12.2. The molecule has 0 fully saturated rings. The molecule has 0 radical (unpaired) electrons. The predicted octanol–water partition coefficient (Wildman–Crippen LogP) is 9.60. The summed E-state index contributed by atoms with van der Waals surface area (Å²) in [4.78, 5) is 4.55. The summed E-state index contributed by atoms with van der Waals surface area (Å²) in [6.45, 7) is 2.28. The van der Waals surface area contributed by atoms with E-state index < -0.39 is 0 Å². The molecule has 0 aliphatic carbocycles. The van der Waals surface area contributed by atoms with Gasteiger partial charge in [-0.25, -0.2) is 4.98 Å². The highest BCUT2D eigenvalue weighted by Crippen LogP contribution is 2.30. The van der Waals surface area contributed by atoms with Crippen LogP contribution in [0.1, 0.15) is 101 Å². The number of allylic oxidation sites excluding steroid dienone is 1. The standard InChI is InChI=1S/C29H39NOS2/c1-2-3-4-5-6-7-8-9-10-11-12-13-14-16-23-19-20-24(26(31)21-23)22-25-17-15-18-27-28(25)30-29(32)33-27/h14-21,31H,2-13,22H2,1H3,(H,30,32). The lowest BCUT2D eigenvalue weighted by Crippen LogP contribution is -1.91. The van der Waals surface area contributed by atoms with Crippen molar-refractivity contribution in [2.45, 2.75) is 94.7 Å². The fraction of sp³-hybridized carbons (Fsp3) is 0.483. The molecule has 178 valence electrons. The van der Waals surface area contributed by atoms with Crippen molar-refractivity contribution in [3.05, 3.63) is 59.2 Å². The minimum Gasteiger partial charge on any atom is -0.508 e. The largest absolute Gasteiger partial charge is 0.508 e. The van der Waals surface area contributed by atoms with E-state index in [0.717, 1.165) is 37.7 Å². The zero-order valence-electron chi connectivity index (χ0n) is 20.1. The molecule has 0 atom stereocenters. The number of hydrogen-bond acceptors (Lipinski definition) is 4. The van der Waals surface area contributed by atoms with Crippen molar-refractivity contribution >= 4 is 40.3 Å². The summed E-state index contributed by atoms with van der Waals surface area (Å²) >= 11 is 5.97. The van der Waals surface area contributed by atoms with E-state index >= 15 is 0 Å². The van der Waals surface area contributed by atoms with Gasteiger partial charge in [0.1, 0.15) is 10.1 Å². The van der Waals surface area contributed by atoms with Gasteiger partial charge in [-0.1, -0.05) is 108 Å². The van der Waals surface area contributed by atoms with Gasteiger partial charge in [0, 0.05) is 6.42 Å². The van der Waals surface area contributed by atoms with Crippen LogP contribution in [0.25, 0.3) is 16.3 Å². The van der Waals surface area contributed by atoms with Crippen molar-refractivity contribution in [3.8, 4) is 5.75 Å². The first-order valence-electron chi connectivity index (χ1n) is 12.7. The summed E-state index contributed by atoms with van der Waals surface area (Å²) in [5.74, 6) is 0.352. The maximum absolute atomic E-state index is 10.6. The van der Waals surface area contributed by atoms with Gasteiger partial charge >= 0.3 is 0 Å². The lowest BCUT2D eigenvalue weighted by molar-refractivity contribution is 0.469. The minimum absolute atomic E-state index is 0.352. The van der Waals surface area contributed by atoms with Gasteiger partial charge in [0.25, 0.3) is 0 Å². The van der Waals surface area contributed by atoms with Crippen molar-refractivity contribution in [1.82, 2.24) is 4.98 Å². The maximum Gasteiger partial charge on any atom is 0.148 e. The Bertz CT molecular complexity index is 1010. The average molecular weight is 482 g/mol. The molecule has 33 heavy (non-hydrogen) atoms. The van der Waals surface area contributed by atoms with Crippen LogP contribution in [-0.4, -0.2) is 10.1 Å². The lowest BCUT2D eigenvalue weighted by Gasteiger charge is -2.07. The Morgan fingerprint density at radius 2 is 1.58 bits per heavy atom. The van der Waals surface area contributed by atoms with E-state index in [2.05, 4.69) is 54.9 Å². The maximum atomic E-state index is 10.6. The summed E-state index contributed by atoms with van der Waals surface area (Å²) < 4.78 is 1.92. The van der Waals surface area contributed by atoms with Gasteiger partial charge in [0.05, 0.1) is 10.2 Å². The van der Waals surface area contributed by atoms with Gasteiger partial charge in [0.15, 0.2) is 0 Å². The Labute approximate surface area is 209 Å². The van der Waals surface area contributed by atoms with Crippen LogP contribution in [0.2, 0.25) is 0 Å². The smallest absolute Gasteiger partial charge is 0.148 e. The number of thiol groups is 1. The molecule has 0 saturated carbocycles. The molecule has 0 spiro atoms. The van der Waals surface area contributed by atoms with Crippen molar-refractivity contribution in [2.75, 3.05) is 0 Å². The third-order valence-electron chi connectivity index (χ3n) is 6.27. The summed E-state index contributed by atoms with van der Waals surface area (Å²) in [5, 5.41) is 10.6. The number of aromatic hydroxyl groups is 1. The number of rotatable bonds is 15. The zero-order chi connectivity index (χ0) is 23.3. The number of phenolic OH excluding ortho intramolecular Hbond substituents is 1. The first-order chi connectivity index (χ1) is 16.2. The molecule has 2 nitrogen and oxygen atoms in total. The van der Waals surface area contributed by atoms with Gasteiger partial charge in [0.2, 0.25) is 0 Å². The Kier molecular flexibility index (Phi) is 11.3. The molecular weight excluding hydrogens is 442 g/mol. The second-order valence-corrected chi connectivity index (χ2v) is 10.8. The second-order valence-electron chi connectivity index (χ2n) is 9.05. The Morgan fingerprint density at radius 3 is 2.27 bits per heavy atom. The second kappa shape index (κ2) is 14.5. The van der Waals surface area contributed by atoms with Gasteiger partial charge in [-0.05, 0) is 41.7 Å². The predicted molar refractivity (Wildman–Crippen MR) is 148 cm³/mol. The molecule has 0 unspecified atom stereocenters. The van der Waals surface area contributed by atoms with Crippen LogP contribution in [0.15, 0.2) is 46.8 Å². The number of benzene rings is 2. The van der Waals surface area contributed by atoms with Gasteiger partial charge < -0.3 is 5.11 Å². The molecule has 0 saturated heterocycles. The Balaban J connectivity index is 1.35. The third kappa shape index (κ3) is 8.83. The molecular formula is C29H39NOS2. The van der Waals surface area contributed by atoms with E-state index in [0.29, 0.717) is 12.2 Å². The molecule has 3 aromatic rings. The van der Waals surface area contributed by atoms with Crippen LogP contribution < -0.4 is 0 Å². The molecule has 1 heterocycles. The van der Waals surface area contributed by atoms with E-state index in [1.165, 1.54) is 70.6 Å². The fourth-order valence-corrected chi connectivity index (χ4v) is 5.47. The molecule has 1 N–H and O–H groups in total. The highest BCUT2D eigenvalue weighted by atomic mass is 32.2. The van der Waals surface area contributed by atoms with Crippen molar-refractivity contribution in [1.29, 1.82) is 0 Å². The van der Waals surface area contributed by atoms with E-state index in [9.17, 15) is 5.11 Å². The average Bonchev–Trinajstić information content (AvgIpc) is 3.20. The number of fused-ring (bicyclic) bond motifs is 1. The van der Waals surface area contributed by atoms with Crippen LogP contribution in [0.5, 0.6) is 5.75 Å². The SMILES string of the molecule is CCCCCCCCCCCCCC=Cc1ccc(Cc2cccc3sc(S)nc23)c(O)c1. The number of unbranched alkanes of at least 4 members (excludes halogenated alkanes) is 11.